The number of anilines is 1. The van der Waals surface area contributed by atoms with Crippen LogP contribution >= 0.6 is 15.9 Å². The number of benzene rings is 3. The quantitative estimate of drug-likeness (QED) is 0.580. The lowest BCUT2D eigenvalue weighted by Gasteiger charge is -2.11. The predicted molar refractivity (Wildman–Crippen MR) is 112 cm³/mol. The first kappa shape index (κ1) is 20.1. The molecular weight excluding hydrogens is 442 g/mol. The van der Waals surface area contributed by atoms with Gasteiger partial charge in [0.2, 0.25) is 0 Å². The van der Waals surface area contributed by atoms with Crippen molar-refractivity contribution in [1.29, 1.82) is 0 Å². The largest absolute Gasteiger partial charge is 0.495 e. The standard InChI is InChI=1S/C21H18BrNO4S/c1-27-20-12-11-17(22)13-19(20)23-21(24)16-9-7-15(8-10-16)14-28(25,26)18-5-3-2-4-6-18/h2-13H,14H2,1H3,(H,23,24). The molecule has 0 atom stereocenters. The minimum Gasteiger partial charge on any atom is -0.495 e. The Kier molecular flexibility index (Phi) is 6.16. The average molecular weight is 460 g/mol. The highest BCUT2D eigenvalue weighted by Gasteiger charge is 2.16. The Morgan fingerprint density at radius 3 is 2.32 bits per heavy atom. The maximum absolute atomic E-state index is 12.5. The van der Waals surface area contributed by atoms with Crippen LogP contribution in [0.4, 0.5) is 5.69 Å². The SMILES string of the molecule is COc1ccc(Br)cc1NC(=O)c1ccc(CS(=O)(=O)c2ccccc2)cc1. The minimum atomic E-state index is -3.43. The number of rotatable bonds is 6. The highest BCUT2D eigenvalue weighted by Crippen LogP contribution is 2.28. The molecule has 3 rings (SSSR count). The van der Waals surface area contributed by atoms with E-state index in [2.05, 4.69) is 21.2 Å². The van der Waals surface area contributed by atoms with Crippen molar-refractivity contribution in [2.45, 2.75) is 10.6 Å². The van der Waals surface area contributed by atoms with Gasteiger partial charge in [-0.15, -0.1) is 0 Å². The third kappa shape index (κ3) is 4.79. The molecule has 0 bridgehead atoms. The molecule has 0 fully saturated rings. The molecule has 3 aromatic carbocycles. The van der Waals surface area contributed by atoms with Gasteiger partial charge in [-0.3, -0.25) is 4.79 Å². The second kappa shape index (κ2) is 8.58. The zero-order valence-corrected chi connectivity index (χ0v) is 17.5. The van der Waals surface area contributed by atoms with Crippen LogP contribution in [0, 0.1) is 0 Å². The number of carbonyl (C=O) groups is 1. The van der Waals surface area contributed by atoms with Crippen molar-refractivity contribution < 1.29 is 17.9 Å². The van der Waals surface area contributed by atoms with Gasteiger partial charge in [0.25, 0.3) is 5.91 Å². The summed E-state index contributed by atoms with van der Waals surface area (Å²) in [5.74, 6) is 0.106. The monoisotopic (exact) mass is 459 g/mol. The normalized spacial score (nSPS) is 11.1. The Labute approximate surface area is 172 Å². The third-order valence-corrected chi connectivity index (χ3v) is 6.28. The minimum absolute atomic E-state index is 0.127. The fourth-order valence-corrected chi connectivity index (χ4v) is 4.39. The summed E-state index contributed by atoms with van der Waals surface area (Å²) in [6.45, 7) is 0. The van der Waals surface area contributed by atoms with E-state index in [-0.39, 0.29) is 16.6 Å². The van der Waals surface area contributed by atoms with Crippen molar-refractivity contribution in [3.63, 3.8) is 0 Å². The van der Waals surface area contributed by atoms with Gasteiger partial charge in [-0.25, -0.2) is 8.42 Å². The second-order valence-corrected chi connectivity index (χ2v) is 8.97. The third-order valence-electron chi connectivity index (χ3n) is 4.08. The van der Waals surface area contributed by atoms with Crippen LogP contribution in [0.3, 0.4) is 0 Å². The smallest absolute Gasteiger partial charge is 0.255 e. The molecule has 5 nitrogen and oxygen atoms in total. The highest BCUT2D eigenvalue weighted by atomic mass is 79.9. The maximum atomic E-state index is 12.5. The summed E-state index contributed by atoms with van der Waals surface area (Å²) >= 11 is 3.36. The molecule has 0 aliphatic heterocycles. The van der Waals surface area contributed by atoms with Crippen molar-refractivity contribution in [3.8, 4) is 5.75 Å². The highest BCUT2D eigenvalue weighted by molar-refractivity contribution is 9.10. The van der Waals surface area contributed by atoms with Crippen molar-refractivity contribution in [3.05, 3.63) is 88.4 Å². The Hall–Kier alpha value is -2.64. The zero-order chi connectivity index (χ0) is 20.1. The molecule has 0 heterocycles. The van der Waals surface area contributed by atoms with Gasteiger partial charge in [0.1, 0.15) is 5.75 Å². The molecule has 0 aliphatic rings. The second-order valence-electron chi connectivity index (χ2n) is 6.07. The fraction of sp³-hybridized carbons (Fsp3) is 0.0952. The molecule has 0 radical (unpaired) electrons. The van der Waals surface area contributed by atoms with Crippen LogP contribution in [0.15, 0.2) is 82.2 Å². The first-order valence-electron chi connectivity index (χ1n) is 8.41. The molecule has 0 unspecified atom stereocenters. The van der Waals surface area contributed by atoms with Crippen LogP contribution in [0.25, 0.3) is 0 Å². The van der Waals surface area contributed by atoms with Gasteiger partial charge in [0, 0.05) is 10.0 Å². The molecule has 1 amide bonds. The van der Waals surface area contributed by atoms with E-state index in [1.54, 1.807) is 66.7 Å². The van der Waals surface area contributed by atoms with Gasteiger partial charge < -0.3 is 10.1 Å². The first-order chi connectivity index (χ1) is 13.4. The first-order valence-corrected chi connectivity index (χ1v) is 10.9. The van der Waals surface area contributed by atoms with E-state index < -0.39 is 9.84 Å². The number of halogens is 1. The molecule has 7 heteroatoms. The van der Waals surface area contributed by atoms with Gasteiger partial charge in [0.05, 0.1) is 23.4 Å². The van der Waals surface area contributed by atoms with Gasteiger partial charge in [-0.1, -0.05) is 46.3 Å². The molecule has 0 saturated heterocycles. The number of amides is 1. The fourth-order valence-electron chi connectivity index (χ4n) is 2.66. The Bertz CT molecular complexity index is 1080. The summed E-state index contributed by atoms with van der Waals surface area (Å²) in [7, 11) is -1.90. The summed E-state index contributed by atoms with van der Waals surface area (Å²) in [5, 5.41) is 2.80. The number of carbonyl (C=O) groups excluding carboxylic acids is 1. The van der Waals surface area contributed by atoms with Gasteiger partial charge >= 0.3 is 0 Å². The summed E-state index contributed by atoms with van der Waals surface area (Å²) < 4.78 is 31.0. The molecule has 0 saturated carbocycles. The molecule has 0 aromatic heterocycles. The van der Waals surface area contributed by atoms with Gasteiger partial charge in [-0.05, 0) is 48.0 Å². The summed E-state index contributed by atoms with van der Waals surface area (Å²) in [6, 6.07) is 20.1. The Morgan fingerprint density at radius 1 is 1.00 bits per heavy atom. The lowest BCUT2D eigenvalue weighted by molar-refractivity contribution is 0.102. The van der Waals surface area contributed by atoms with E-state index in [0.717, 1.165) is 4.47 Å². The van der Waals surface area contributed by atoms with E-state index in [0.29, 0.717) is 22.6 Å². The molecule has 0 spiro atoms. The molecule has 0 aliphatic carbocycles. The Morgan fingerprint density at radius 2 is 1.68 bits per heavy atom. The van der Waals surface area contributed by atoms with Crippen LogP contribution in [0.5, 0.6) is 5.75 Å². The van der Waals surface area contributed by atoms with Crippen LogP contribution in [-0.2, 0) is 15.6 Å². The van der Waals surface area contributed by atoms with E-state index in [4.69, 9.17) is 4.74 Å². The van der Waals surface area contributed by atoms with Crippen molar-refractivity contribution >= 4 is 37.4 Å². The summed E-state index contributed by atoms with van der Waals surface area (Å²) in [5.41, 5.74) is 1.57. The average Bonchev–Trinajstić information content (AvgIpc) is 2.69. The molecule has 28 heavy (non-hydrogen) atoms. The number of methoxy groups -OCH3 is 1. The molecular formula is C21H18BrNO4S. The van der Waals surface area contributed by atoms with E-state index >= 15 is 0 Å². The molecule has 144 valence electrons. The lowest BCUT2D eigenvalue weighted by atomic mass is 10.1. The van der Waals surface area contributed by atoms with E-state index in [1.165, 1.54) is 7.11 Å². The number of hydrogen-bond donors (Lipinski definition) is 1. The van der Waals surface area contributed by atoms with E-state index in [1.807, 2.05) is 6.07 Å². The summed E-state index contributed by atoms with van der Waals surface area (Å²) in [4.78, 5) is 12.8. The number of ether oxygens (including phenoxy) is 1. The van der Waals surface area contributed by atoms with Crippen LogP contribution in [-0.4, -0.2) is 21.4 Å². The molecule has 3 aromatic rings. The predicted octanol–water partition coefficient (Wildman–Crippen LogP) is 4.68. The van der Waals surface area contributed by atoms with Gasteiger partial charge in [0.15, 0.2) is 9.84 Å². The van der Waals surface area contributed by atoms with Crippen LogP contribution in [0.1, 0.15) is 15.9 Å². The van der Waals surface area contributed by atoms with Crippen LogP contribution in [0.2, 0.25) is 0 Å². The van der Waals surface area contributed by atoms with Gasteiger partial charge in [-0.2, -0.15) is 0 Å². The zero-order valence-electron chi connectivity index (χ0n) is 15.1. The topological polar surface area (TPSA) is 72.5 Å². The van der Waals surface area contributed by atoms with Crippen molar-refractivity contribution in [2.75, 3.05) is 12.4 Å². The lowest BCUT2D eigenvalue weighted by Crippen LogP contribution is -2.13. The maximum Gasteiger partial charge on any atom is 0.255 e. The number of hydrogen-bond acceptors (Lipinski definition) is 4. The van der Waals surface area contributed by atoms with E-state index in [9.17, 15) is 13.2 Å². The number of sulfone groups is 1. The summed E-state index contributed by atoms with van der Waals surface area (Å²) in [6.07, 6.45) is 0. The number of nitrogens with one attached hydrogen (secondary N) is 1. The van der Waals surface area contributed by atoms with Crippen molar-refractivity contribution in [2.24, 2.45) is 0 Å². The van der Waals surface area contributed by atoms with Crippen molar-refractivity contribution in [1.82, 2.24) is 0 Å². The van der Waals surface area contributed by atoms with Crippen LogP contribution < -0.4 is 10.1 Å². The molecule has 1 N–H and O–H groups in total. The Balaban J connectivity index is 1.74.